The van der Waals surface area contributed by atoms with Crippen LogP contribution in [0.3, 0.4) is 0 Å². The minimum absolute atomic E-state index is 0.150. The van der Waals surface area contributed by atoms with Crippen LogP contribution in [0.1, 0.15) is 18.4 Å². The van der Waals surface area contributed by atoms with Crippen LogP contribution in [0.5, 0.6) is 5.75 Å². The fraction of sp³-hybridized carbons (Fsp3) is 0.533. The number of hydrogen-bond donors (Lipinski definition) is 2. The molecule has 1 aromatic carbocycles. The zero-order valence-corrected chi connectivity index (χ0v) is 12.1. The van der Waals surface area contributed by atoms with E-state index < -0.39 is 5.82 Å². The number of aliphatic hydroxyl groups is 1. The number of methoxy groups -OCH3 is 1. The largest absolute Gasteiger partial charge is 0.494 e. The zero-order chi connectivity index (χ0) is 15.2. The van der Waals surface area contributed by atoms with Crippen LogP contribution in [0.25, 0.3) is 0 Å². The maximum Gasteiger partial charge on any atom is 0.317 e. The molecule has 1 heterocycles. The van der Waals surface area contributed by atoms with Crippen molar-refractivity contribution < 1.29 is 19.0 Å². The number of benzene rings is 1. The standard InChI is InChI=1S/C15H21FN2O3/c1-21-14-3-2-12(8-13(14)16)9-17-15(20)18-6-4-11(10-19)5-7-18/h2-3,8,11,19H,4-7,9-10H2,1H3,(H,17,20). The first-order chi connectivity index (χ1) is 10.1. The highest BCUT2D eigenvalue weighted by molar-refractivity contribution is 5.74. The van der Waals surface area contributed by atoms with Crippen LogP contribution in [-0.4, -0.2) is 42.8 Å². The number of carbonyl (C=O) groups is 1. The van der Waals surface area contributed by atoms with Crippen molar-refractivity contribution in [1.29, 1.82) is 0 Å². The molecule has 0 aromatic heterocycles. The number of carbonyl (C=O) groups excluding carboxylic acids is 1. The fourth-order valence-electron chi connectivity index (χ4n) is 2.43. The van der Waals surface area contributed by atoms with Gasteiger partial charge in [-0.15, -0.1) is 0 Å². The summed E-state index contributed by atoms with van der Waals surface area (Å²) in [6.45, 7) is 1.75. The van der Waals surface area contributed by atoms with Gasteiger partial charge < -0.3 is 20.1 Å². The van der Waals surface area contributed by atoms with Crippen LogP contribution in [-0.2, 0) is 6.54 Å². The molecule has 1 saturated heterocycles. The molecule has 2 N–H and O–H groups in total. The zero-order valence-electron chi connectivity index (χ0n) is 12.1. The number of amides is 2. The van der Waals surface area contributed by atoms with Crippen molar-refractivity contribution in [1.82, 2.24) is 10.2 Å². The summed E-state index contributed by atoms with van der Waals surface area (Å²) in [6.07, 6.45) is 1.64. The predicted octanol–water partition coefficient (Wildman–Crippen LogP) is 1.75. The lowest BCUT2D eigenvalue weighted by Crippen LogP contribution is -2.44. The Morgan fingerprint density at radius 1 is 1.48 bits per heavy atom. The van der Waals surface area contributed by atoms with Crippen molar-refractivity contribution in [3.8, 4) is 5.75 Å². The summed E-state index contributed by atoms with van der Waals surface area (Å²) in [5.74, 6) is 0.0499. The maximum absolute atomic E-state index is 13.5. The van der Waals surface area contributed by atoms with Gasteiger partial charge >= 0.3 is 6.03 Å². The second kappa shape index (κ2) is 7.26. The topological polar surface area (TPSA) is 61.8 Å². The Kier molecular flexibility index (Phi) is 5.38. The summed E-state index contributed by atoms with van der Waals surface area (Å²) < 4.78 is 18.4. The van der Waals surface area contributed by atoms with E-state index in [1.165, 1.54) is 13.2 Å². The van der Waals surface area contributed by atoms with Gasteiger partial charge in [0.05, 0.1) is 7.11 Å². The lowest BCUT2D eigenvalue weighted by atomic mass is 9.98. The Morgan fingerprint density at radius 3 is 2.76 bits per heavy atom. The highest BCUT2D eigenvalue weighted by Crippen LogP contribution is 2.18. The molecule has 0 saturated carbocycles. The number of hydrogen-bond acceptors (Lipinski definition) is 3. The summed E-state index contributed by atoms with van der Waals surface area (Å²) >= 11 is 0. The van der Waals surface area contributed by atoms with E-state index in [1.807, 2.05) is 0 Å². The molecule has 1 aromatic rings. The first-order valence-electron chi connectivity index (χ1n) is 7.10. The number of rotatable bonds is 4. The Balaban J connectivity index is 1.83. The molecular weight excluding hydrogens is 275 g/mol. The Labute approximate surface area is 123 Å². The molecule has 0 spiro atoms. The highest BCUT2D eigenvalue weighted by atomic mass is 19.1. The SMILES string of the molecule is COc1ccc(CNC(=O)N2CCC(CO)CC2)cc1F. The summed E-state index contributed by atoms with van der Waals surface area (Å²) in [5.41, 5.74) is 0.687. The number of ether oxygens (including phenoxy) is 1. The van der Waals surface area contributed by atoms with E-state index in [2.05, 4.69) is 5.32 Å². The van der Waals surface area contributed by atoms with Gasteiger partial charge in [0, 0.05) is 26.2 Å². The average Bonchev–Trinajstić information content (AvgIpc) is 2.52. The number of piperidine rings is 1. The Hall–Kier alpha value is -1.82. The smallest absolute Gasteiger partial charge is 0.317 e. The van der Waals surface area contributed by atoms with E-state index >= 15 is 0 Å². The van der Waals surface area contributed by atoms with Gasteiger partial charge in [0.2, 0.25) is 0 Å². The van der Waals surface area contributed by atoms with Crippen LogP contribution in [0.2, 0.25) is 0 Å². The molecule has 1 fully saturated rings. The van der Waals surface area contributed by atoms with Gasteiger partial charge in [0.25, 0.3) is 0 Å². The van der Waals surface area contributed by atoms with Gasteiger partial charge in [-0.1, -0.05) is 6.07 Å². The molecule has 0 aliphatic carbocycles. The molecule has 0 radical (unpaired) electrons. The molecule has 5 nitrogen and oxygen atoms in total. The monoisotopic (exact) mass is 296 g/mol. The lowest BCUT2D eigenvalue weighted by Gasteiger charge is -2.31. The minimum atomic E-state index is -0.437. The van der Waals surface area contributed by atoms with Crippen LogP contribution in [0.4, 0.5) is 9.18 Å². The maximum atomic E-state index is 13.5. The second-order valence-corrected chi connectivity index (χ2v) is 5.24. The average molecular weight is 296 g/mol. The number of nitrogens with zero attached hydrogens (tertiary/aromatic N) is 1. The minimum Gasteiger partial charge on any atom is -0.494 e. The van der Waals surface area contributed by atoms with Crippen molar-refractivity contribution in [3.63, 3.8) is 0 Å². The molecule has 21 heavy (non-hydrogen) atoms. The van der Waals surface area contributed by atoms with Crippen molar-refractivity contribution in [2.75, 3.05) is 26.8 Å². The van der Waals surface area contributed by atoms with Crippen molar-refractivity contribution in [2.24, 2.45) is 5.92 Å². The molecule has 2 amide bonds. The van der Waals surface area contributed by atoms with Crippen LogP contribution < -0.4 is 10.1 Å². The molecule has 2 rings (SSSR count). The van der Waals surface area contributed by atoms with Crippen molar-refractivity contribution in [3.05, 3.63) is 29.6 Å². The third-order valence-electron chi connectivity index (χ3n) is 3.82. The first kappa shape index (κ1) is 15.6. The fourth-order valence-corrected chi connectivity index (χ4v) is 2.43. The number of halogens is 1. The number of urea groups is 1. The van der Waals surface area contributed by atoms with E-state index in [-0.39, 0.29) is 24.9 Å². The predicted molar refractivity (Wildman–Crippen MR) is 76.6 cm³/mol. The lowest BCUT2D eigenvalue weighted by molar-refractivity contribution is 0.137. The van der Waals surface area contributed by atoms with Crippen LogP contribution in [0, 0.1) is 11.7 Å². The van der Waals surface area contributed by atoms with Gasteiger partial charge in [0.15, 0.2) is 11.6 Å². The molecule has 0 unspecified atom stereocenters. The number of likely N-dealkylation sites (tertiary alicyclic amines) is 1. The van der Waals surface area contributed by atoms with Crippen molar-refractivity contribution >= 4 is 6.03 Å². The van der Waals surface area contributed by atoms with Gasteiger partial charge in [-0.2, -0.15) is 0 Å². The van der Waals surface area contributed by atoms with Gasteiger partial charge in [-0.25, -0.2) is 9.18 Å². The molecular formula is C15H21FN2O3. The molecule has 0 atom stereocenters. The number of nitrogens with one attached hydrogen (secondary N) is 1. The quantitative estimate of drug-likeness (QED) is 0.890. The third-order valence-corrected chi connectivity index (χ3v) is 3.82. The van der Waals surface area contributed by atoms with E-state index in [0.717, 1.165) is 12.8 Å². The molecule has 1 aliphatic heterocycles. The molecule has 0 bridgehead atoms. The molecule has 116 valence electrons. The van der Waals surface area contributed by atoms with Gasteiger partial charge in [-0.3, -0.25) is 0 Å². The van der Waals surface area contributed by atoms with Crippen LogP contribution >= 0.6 is 0 Å². The highest BCUT2D eigenvalue weighted by Gasteiger charge is 2.21. The van der Waals surface area contributed by atoms with Crippen molar-refractivity contribution in [2.45, 2.75) is 19.4 Å². The second-order valence-electron chi connectivity index (χ2n) is 5.24. The van der Waals surface area contributed by atoms with E-state index in [9.17, 15) is 9.18 Å². The molecule has 6 heteroatoms. The Morgan fingerprint density at radius 2 is 2.19 bits per heavy atom. The van der Waals surface area contributed by atoms with E-state index in [1.54, 1.807) is 17.0 Å². The third kappa shape index (κ3) is 4.07. The summed E-state index contributed by atoms with van der Waals surface area (Å²) in [5, 5.41) is 11.9. The number of aliphatic hydroxyl groups excluding tert-OH is 1. The summed E-state index contributed by atoms with van der Waals surface area (Å²) in [7, 11) is 1.41. The van der Waals surface area contributed by atoms with E-state index in [0.29, 0.717) is 24.6 Å². The summed E-state index contributed by atoms with van der Waals surface area (Å²) in [4.78, 5) is 13.7. The van der Waals surface area contributed by atoms with Crippen LogP contribution in [0.15, 0.2) is 18.2 Å². The van der Waals surface area contributed by atoms with Gasteiger partial charge in [0.1, 0.15) is 0 Å². The van der Waals surface area contributed by atoms with Gasteiger partial charge in [-0.05, 0) is 36.5 Å². The normalized spacial score (nSPS) is 15.9. The van der Waals surface area contributed by atoms with E-state index in [4.69, 9.17) is 9.84 Å². The Bertz CT molecular complexity index is 488. The first-order valence-corrected chi connectivity index (χ1v) is 7.10. The molecule has 1 aliphatic rings. The summed E-state index contributed by atoms with van der Waals surface area (Å²) in [6, 6.07) is 4.48.